The van der Waals surface area contributed by atoms with E-state index in [4.69, 9.17) is 0 Å². The molecule has 0 radical (unpaired) electrons. The van der Waals surface area contributed by atoms with Crippen LogP contribution in [0.2, 0.25) is 0 Å². The number of benzene rings is 1. The number of rotatable bonds is 5. The van der Waals surface area contributed by atoms with Crippen LogP contribution in [0, 0.1) is 0 Å². The number of nitrogens with zero attached hydrogens (tertiary/aromatic N) is 1. The number of pyridine rings is 1. The van der Waals surface area contributed by atoms with Gasteiger partial charge in [-0.05, 0) is 36.2 Å². The molecular weight excluding hydrogens is 328 g/mol. The maximum atomic E-state index is 12.0. The molecule has 1 N–H and O–H groups in total. The van der Waals surface area contributed by atoms with Crippen molar-refractivity contribution in [3.05, 3.63) is 58.8 Å². The molecule has 100 valence electrons. The largest absolute Gasteiger partial charge is 0.264 e. The molecule has 0 saturated heterocycles. The van der Waals surface area contributed by atoms with Gasteiger partial charge in [-0.25, -0.2) is 13.1 Å². The highest BCUT2D eigenvalue weighted by atomic mass is 79.9. The Balaban J connectivity index is 1.99. The second-order valence-corrected chi connectivity index (χ2v) is 6.65. The van der Waals surface area contributed by atoms with E-state index in [1.165, 1.54) is 0 Å². The van der Waals surface area contributed by atoms with E-state index < -0.39 is 10.0 Å². The van der Waals surface area contributed by atoms with Gasteiger partial charge in [-0.15, -0.1) is 0 Å². The predicted molar refractivity (Wildman–Crippen MR) is 77.3 cm³/mol. The third-order valence-electron chi connectivity index (χ3n) is 2.53. The molecule has 0 spiro atoms. The maximum Gasteiger partial charge on any atom is 0.240 e. The van der Waals surface area contributed by atoms with E-state index in [1.54, 1.807) is 36.7 Å². The van der Waals surface area contributed by atoms with Gasteiger partial charge in [-0.2, -0.15) is 0 Å². The summed E-state index contributed by atoms with van der Waals surface area (Å²) >= 11 is 3.26. The van der Waals surface area contributed by atoms with Crippen molar-refractivity contribution >= 4 is 26.0 Å². The topological polar surface area (TPSA) is 59.1 Å². The fourth-order valence-corrected chi connectivity index (χ4v) is 3.22. The molecule has 0 unspecified atom stereocenters. The van der Waals surface area contributed by atoms with Crippen LogP contribution in [0.15, 0.2) is 58.2 Å². The van der Waals surface area contributed by atoms with Gasteiger partial charge in [0.05, 0.1) is 4.90 Å². The van der Waals surface area contributed by atoms with Gasteiger partial charge in [0.15, 0.2) is 0 Å². The molecule has 0 saturated carbocycles. The van der Waals surface area contributed by atoms with Crippen molar-refractivity contribution in [2.24, 2.45) is 0 Å². The third kappa shape index (κ3) is 4.12. The average Bonchev–Trinajstić information content (AvgIpc) is 2.40. The molecule has 2 rings (SSSR count). The van der Waals surface area contributed by atoms with Crippen molar-refractivity contribution < 1.29 is 8.42 Å². The van der Waals surface area contributed by atoms with Crippen LogP contribution in [-0.4, -0.2) is 19.9 Å². The lowest BCUT2D eigenvalue weighted by atomic mass is 10.2. The zero-order valence-corrected chi connectivity index (χ0v) is 12.5. The molecule has 0 atom stereocenters. The minimum Gasteiger partial charge on any atom is -0.264 e. The number of hydrogen-bond donors (Lipinski definition) is 1. The molecule has 2 aromatic rings. The van der Waals surface area contributed by atoms with E-state index in [0.717, 1.165) is 10.0 Å². The molecule has 0 aliphatic rings. The lowest BCUT2D eigenvalue weighted by Crippen LogP contribution is -2.26. The van der Waals surface area contributed by atoms with Gasteiger partial charge >= 0.3 is 0 Å². The summed E-state index contributed by atoms with van der Waals surface area (Å²) in [5, 5.41) is 0. The molecule has 0 fully saturated rings. The van der Waals surface area contributed by atoms with Crippen molar-refractivity contribution in [2.45, 2.75) is 11.3 Å². The van der Waals surface area contributed by atoms with Crippen molar-refractivity contribution in [1.29, 1.82) is 0 Å². The first-order valence-corrected chi connectivity index (χ1v) is 8.00. The fraction of sp³-hybridized carbons (Fsp3) is 0.154. The Kier molecular flexibility index (Phi) is 4.68. The van der Waals surface area contributed by atoms with Gasteiger partial charge in [-0.1, -0.05) is 28.1 Å². The predicted octanol–water partition coefficient (Wildman–Crippen LogP) is 2.37. The number of hydrogen-bond acceptors (Lipinski definition) is 3. The lowest BCUT2D eigenvalue weighted by Gasteiger charge is -2.07. The highest BCUT2D eigenvalue weighted by molar-refractivity contribution is 9.10. The van der Waals surface area contributed by atoms with Gasteiger partial charge in [0, 0.05) is 23.4 Å². The van der Waals surface area contributed by atoms with E-state index in [-0.39, 0.29) is 4.90 Å². The monoisotopic (exact) mass is 340 g/mol. The lowest BCUT2D eigenvalue weighted by molar-refractivity contribution is 0.581. The SMILES string of the molecule is O=S(=O)(NCCc1cccnc1)c1cccc(Br)c1. The summed E-state index contributed by atoms with van der Waals surface area (Å²) in [5.41, 5.74) is 0.999. The normalized spacial score (nSPS) is 11.4. The van der Waals surface area contributed by atoms with Crippen LogP contribution in [0.4, 0.5) is 0 Å². The zero-order valence-electron chi connectivity index (χ0n) is 10.1. The fourth-order valence-electron chi connectivity index (χ4n) is 1.59. The average molecular weight is 341 g/mol. The third-order valence-corrected chi connectivity index (χ3v) is 4.49. The van der Waals surface area contributed by atoms with E-state index in [9.17, 15) is 8.42 Å². The first-order chi connectivity index (χ1) is 9.08. The van der Waals surface area contributed by atoms with Crippen molar-refractivity contribution in [3.63, 3.8) is 0 Å². The van der Waals surface area contributed by atoms with Gasteiger partial charge in [0.2, 0.25) is 10.0 Å². The second-order valence-electron chi connectivity index (χ2n) is 3.97. The number of nitrogens with one attached hydrogen (secondary N) is 1. The second kappa shape index (κ2) is 6.27. The van der Waals surface area contributed by atoms with Gasteiger partial charge in [0.1, 0.15) is 0 Å². The first kappa shape index (κ1) is 14.2. The highest BCUT2D eigenvalue weighted by Crippen LogP contribution is 2.15. The molecule has 1 heterocycles. The summed E-state index contributed by atoms with van der Waals surface area (Å²) in [7, 11) is -3.45. The Morgan fingerprint density at radius 3 is 2.74 bits per heavy atom. The van der Waals surface area contributed by atoms with Gasteiger partial charge in [0.25, 0.3) is 0 Å². The standard InChI is InChI=1S/C13H13BrN2O2S/c14-12-4-1-5-13(9-12)19(17,18)16-8-6-11-3-2-7-15-10-11/h1-5,7,9-10,16H,6,8H2. The van der Waals surface area contributed by atoms with Crippen LogP contribution in [0.1, 0.15) is 5.56 Å². The molecule has 4 nitrogen and oxygen atoms in total. The van der Waals surface area contributed by atoms with Crippen LogP contribution in [0.3, 0.4) is 0 Å². The number of sulfonamides is 1. The maximum absolute atomic E-state index is 12.0. The molecule has 1 aromatic heterocycles. The summed E-state index contributed by atoms with van der Waals surface area (Å²) in [4.78, 5) is 4.24. The van der Waals surface area contributed by atoms with E-state index in [0.29, 0.717) is 13.0 Å². The molecule has 6 heteroatoms. The number of aromatic nitrogens is 1. The Labute approximate surface area is 121 Å². The summed E-state index contributed by atoms with van der Waals surface area (Å²) < 4.78 is 27.4. The molecule has 1 aromatic carbocycles. The van der Waals surface area contributed by atoms with Crippen molar-refractivity contribution in [2.75, 3.05) is 6.54 Å². The van der Waals surface area contributed by atoms with Crippen LogP contribution in [0.5, 0.6) is 0 Å². The van der Waals surface area contributed by atoms with E-state index in [2.05, 4.69) is 25.6 Å². The highest BCUT2D eigenvalue weighted by Gasteiger charge is 2.13. The minimum absolute atomic E-state index is 0.257. The molecule has 19 heavy (non-hydrogen) atoms. The number of halogens is 1. The van der Waals surface area contributed by atoms with Crippen LogP contribution < -0.4 is 4.72 Å². The zero-order chi connectivity index (χ0) is 13.7. The van der Waals surface area contributed by atoms with Crippen molar-refractivity contribution in [3.8, 4) is 0 Å². The van der Waals surface area contributed by atoms with Gasteiger partial charge < -0.3 is 0 Å². The Bertz CT molecular complexity index is 645. The minimum atomic E-state index is -3.45. The summed E-state index contributed by atoms with van der Waals surface area (Å²) in [5.74, 6) is 0. The summed E-state index contributed by atoms with van der Waals surface area (Å²) in [6, 6.07) is 10.4. The molecular formula is C13H13BrN2O2S. The van der Waals surface area contributed by atoms with Crippen molar-refractivity contribution in [1.82, 2.24) is 9.71 Å². The Hall–Kier alpha value is -1.24. The molecule has 0 bridgehead atoms. The van der Waals surface area contributed by atoms with Crippen LogP contribution in [-0.2, 0) is 16.4 Å². The van der Waals surface area contributed by atoms with E-state index in [1.807, 2.05) is 12.1 Å². The molecule has 0 amide bonds. The Morgan fingerprint density at radius 1 is 1.21 bits per heavy atom. The molecule has 0 aliphatic heterocycles. The summed E-state index contributed by atoms with van der Waals surface area (Å²) in [6.07, 6.45) is 4.03. The van der Waals surface area contributed by atoms with Gasteiger partial charge in [-0.3, -0.25) is 4.98 Å². The molecule has 0 aliphatic carbocycles. The smallest absolute Gasteiger partial charge is 0.240 e. The quantitative estimate of drug-likeness (QED) is 0.908. The van der Waals surface area contributed by atoms with Crippen LogP contribution in [0.25, 0.3) is 0 Å². The Morgan fingerprint density at radius 2 is 2.05 bits per heavy atom. The summed E-state index contributed by atoms with van der Waals surface area (Å²) in [6.45, 7) is 0.348. The first-order valence-electron chi connectivity index (χ1n) is 5.72. The van der Waals surface area contributed by atoms with E-state index >= 15 is 0 Å². The van der Waals surface area contributed by atoms with Crippen LogP contribution >= 0.6 is 15.9 Å².